The van der Waals surface area contributed by atoms with E-state index in [1.807, 2.05) is 10.6 Å². The van der Waals surface area contributed by atoms with Gasteiger partial charge in [-0.3, -0.25) is 30.3 Å². The highest BCUT2D eigenvalue weighted by molar-refractivity contribution is 6.31. The Kier molecular flexibility index (Phi) is 4.13. The molecule has 2 aromatic rings. The minimum absolute atomic E-state index is 0.0270. The summed E-state index contributed by atoms with van der Waals surface area (Å²) < 4.78 is 5.58. The number of amides is 4. The third-order valence-electron chi connectivity index (χ3n) is 3.98. The number of rotatable bonds is 3. The average molecular weight is 355 g/mol. The summed E-state index contributed by atoms with van der Waals surface area (Å²) in [6, 6.07) is 5.34. The lowest BCUT2D eigenvalue weighted by Gasteiger charge is -2.13. The third-order valence-corrected chi connectivity index (χ3v) is 3.98. The second-order valence-electron chi connectivity index (χ2n) is 5.69. The van der Waals surface area contributed by atoms with E-state index < -0.39 is 22.8 Å². The van der Waals surface area contributed by atoms with E-state index in [0.29, 0.717) is 16.9 Å². The van der Waals surface area contributed by atoms with Crippen LogP contribution in [0.3, 0.4) is 0 Å². The smallest absolute Gasteiger partial charge is 0.328 e. The van der Waals surface area contributed by atoms with Crippen molar-refractivity contribution in [2.24, 2.45) is 0 Å². The van der Waals surface area contributed by atoms with E-state index in [0.717, 1.165) is 5.56 Å². The molecule has 1 aromatic heterocycles. The predicted octanol–water partition coefficient (Wildman–Crippen LogP) is 2.22. The molecule has 1 saturated heterocycles. The number of nitrogens with one attached hydrogen (secondary N) is 2. The predicted molar refractivity (Wildman–Crippen MR) is 89.9 cm³/mol. The van der Waals surface area contributed by atoms with Crippen LogP contribution in [-0.2, 0) is 9.59 Å². The number of benzene rings is 1. The van der Waals surface area contributed by atoms with Crippen LogP contribution in [0.25, 0.3) is 17.4 Å². The number of urea groups is 1. The molecule has 9 nitrogen and oxygen atoms in total. The molecular weight excluding hydrogens is 342 g/mol. The minimum Gasteiger partial charge on any atom is -0.457 e. The van der Waals surface area contributed by atoms with Crippen LogP contribution in [0.1, 0.15) is 16.9 Å². The van der Waals surface area contributed by atoms with Crippen LogP contribution in [0.15, 0.2) is 34.3 Å². The number of hydrogen-bond donors (Lipinski definition) is 2. The number of nitro groups is 1. The van der Waals surface area contributed by atoms with Gasteiger partial charge in [0.2, 0.25) is 0 Å². The van der Waals surface area contributed by atoms with Crippen molar-refractivity contribution in [1.29, 1.82) is 0 Å². The van der Waals surface area contributed by atoms with E-state index in [-0.39, 0.29) is 17.0 Å². The second-order valence-corrected chi connectivity index (χ2v) is 5.69. The Morgan fingerprint density at radius 1 is 1.08 bits per heavy atom. The van der Waals surface area contributed by atoms with Crippen molar-refractivity contribution < 1.29 is 23.7 Å². The summed E-state index contributed by atoms with van der Waals surface area (Å²) in [5, 5.41) is 15.1. The molecule has 1 aromatic carbocycles. The van der Waals surface area contributed by atoms with Gasteiger partial charge in [-0.15, -0.1) is 0 Å². The van der Waals surface area contributed by atoms with Gasteiger partial charge in [0.25, 0.3) is 17.5 Å². The lowest BCUT2D eigenvalue weighted by molar-refractivity contribution is -0.385. The van der Waals surface area contributed by atoms with E-state index in [4.69, 9.17) is 4.42 Å². The summed E-state index contributed by atoms with van der Waals surface area (Å²) >= 11 is 0. The molecule has 0 radical (unpaired) electrons. The molecule has 0 aliphatic carbocycles. The fourth-order valence-corrected chi connectivity index (χ4v) is 2.51. The van der Waals surface area contributed by atoms with Gasteiger partial charge in [0.15, 0.2) is 0 Å². The highest BCUT2D eigenvalue weighted by Crippen LogP contribution is 2.31. The van der Waals surface area contributed by atoms with Crippen LogP contribution in [-0.4, -0.2) is 22.8 Å². The van der Waals surface area contributed by atoms with Gasteiger partial charge in [-0.2, -0.15) is 0 Å². The first-order valence-corrected chi connectivity index (χ1v) is 7.50. The van der Waals surface area contributed by atoms with Gasteiger partial charge < -0.3 is 4.42 Å². The van der Waals surface area contributed by atoms with Crippen LogP contribution in [0.5, 0.6) is 0 Å². The monoisotopic (exact) mass is 355 g/mol. The molecule has 0 unspecified atom stereocenters. The number of barbiturate groups is 1. The second kappa shape index (κ2) is 6.28. The summed E-state index contributed by atoms with van der Waals surface area (Å²) in [5.41, 5.74) is 1.48. The largest absolute Gasteiger partial charge is 0.457 e. The molecule has 1 aliphatic heterocycles. The van der Waals surface area contributed by atoms with E-state index in [2.05, 4.69) is 0 Å². The van der Waals surface area contributed by atoms with Gasteiger partial charge in [-0.25, -0.2) is 4.79 Å². The highest BCUT2D eigenvalue weighted by atomic mass is 16.6. The molecule has 2 heterocycles. The molecule has 4 amide bonds. The maximum Gasteiger partial charge on any atom is 0.328 e. The lowest BCUT2D eigenvalue weighted by Crippen LogP contribution is -2.51. The number of furan rings is 1. The maximum absolute atomic E-state index is 11.7. The number of nitrogens with zero attached hydrogens (tertiary/aromatic N) is 1. The normalized spacial score (nSPS) is 14.1. The number of nitro benzene ring substituents is 1. The Morgan fingerprint density at radius 2 is 1.73 bits per heavy atom. The summed E-state index contributed by atoms with van der Waals surface area (Å²) in [6.45, 7) is 3.42. The summed E-state index contributed by atoms with van der Waals surface area (Å²) in [6.07, 6.45) is 1.19. The summed E-state index contributed by atoms with van der Waals surface area (Å²) in [5.74, 6) is -1.14. The average Bonchev–Trinajstić information content (AvgIpc) is 3.01. The molecule has 0 atom stereocenters. The lowest BCUT2D eigenvalue weighted by atomic mass is 10.0. The number of imide groups is 2. The van der Waals surface area contributed by atoms with Gasteiger partial charge in [0, 0.05) is 17.2 Å². The molecule has 1 fully saturated rings. The Labute approximate surface area is 146 Å². The quantitative estimate of drug-likeness (QED) is 0.375. The highest BCUT2D eigenvalue weighted by Gasteiger charge is 2.28. The van der Waals surface area contributed by atoms with Gasteiger partial charge in [-0.05, 0) is 43.7 Å². The molecule has 1 aliphatic rings. The SMILES string of the molecule is Cc1cc(-c2ccc(C=C3C(=O)NC(=O)NC3=O)o2)cc([N+](=O)[O-])c1C. The Balaban J connectivity index is 1.97. The molecule has 3 rings (SSSR count). The number of carbonyl (C=O) groups is 3. The molecule has 26 heavy (non-hydrogen) atoms. The van der Waals surface area contributed by atoms with Gasteiger partial charge in [0.05, 0.1) is 4.92 Å². The first-order chi connectivity index (χ1) is 12.3. The molecule has 0 saturated carbocycles. The number of aryl methyl sites for hydroxylation is 1. The van der Waals surface area contributed by atoms with Crippen molar-refractivity contribution in [3.05, 3.63) is 56.8 Å². The molecule has 2 N–H and O–H groups in total. The zero-order chi connectivity index (χ0) is 19.0. The van der Waals surface area contributed by atoms with Crippen LogP contribution in [0, 0.1) is 24.0 Å². The zero-order valence-electron chi connectivity index (χ0n) is 13.8. The van der Waals surface area contributed by atoms with Crippen molar-refractivity contribution >= 4 is 29.6 Å². The van der Waals surface area contributed by atoms with Crippen molar-refractivity contribution in [3.8, 4) is 11.3 Å². The van der Waals surface area contributed by atoms with Crippen LogP contribution in [0.2, 0.25) is 0 Å². The van der Waals surface area contributed by atoms with E-state index in [1.165, 1.54) is 18.2 Å². The fraction of sp³-hybridized carbons (Fsp3) is 0.118. The number of carbonyl (C=O) groups excluding carboxylic acids is 3. The van der Waals surface area contributed by atoms with Crippen LogP contribution in [0.4, 0.5) is 10.5 Å². The van der Waals surface area contributed by atoms with Gasteiger partial charge in [0.1, 0.15) is 17.1 Å². The minimum atomic E-state index is -0.889. The zero-order valence-corrected chi connectivity index (χ0v) is 13.8. The van der Waals surface area contributed by atoms with Crippen LogP contribution >= 0.6 is 0 Å². The third kappa shape index (κ3) is 3.09. The van der Waals surface area contributed by atoms with Gasteiger partial charge >= 0.3 is 6.03 Å². The van der Waals surface area contributed by atoms with Crippen molar-refractivity contribution in [2.75, 3.05) is 0 Å². The Bertz CT molecular complexity index is 980. The molecule has 0 bridgehead atoms. The summed E-state index contributed by atoms with van der Waals surface area (Å²) in [7, 11) is 0. The molecule has 0 spiro atoms. The van der Waals surface area contributed by atoms with E-state index in [1.54, 1.807) is 26.0 Å². The van der Waals surface area contributed by atoms with Crippen molar-refractivity contribution in [1.82, 2.24) is 10.6 Å². The van der Waals surface area contributed by atoms with E-state index in [9.17, 15) is 24.5 Å². The first-order valence-electron chi connectivity index (χ1n) is 7.50. The summed E-state index contributed by atoms with van der Waals surface area (Å²) in [4.78, 5) is 45.2. The fourth-order valence-electron chi connectivity index (χ4n) is 2.51. The van der Waals surface area contributed by atoms with Gasteiger partial charge in [-0.1, -0.05) is 0 Å². The maximum atomic E-state index is 11.7. The Hall–Kier alpha value is -3.75. The van der Waals surface area contributed by atoms with Crippen molar-refractivity contribution in [2.45, 2.75) is 13.8 Å². The van der Waals surface area contributed by atoms with E-state index >= 15 is 0 Å². The number of hydrogen-bond acceptors (Lipinski definition) is 6. The molecular formula is C17H13N3O6. The standard InChI is InChI=1S/C17H13N3O6/c1-8-5-10(6-13(9(8)2)20(24)25)14-4-3-11(26-14)7-12-15(21)18-17(23)19-16(12)22/h3-7H,1-2H3,(H2,18,19,21,22,23). The topological polar surface area (TPSA) is 132 Å². The van der Waals surface area contributed by atoms with Crippen LogP contribution < -0.4 is 10.6 Å². The molecule has 132 valence electrons. The Morgan fingerprint density at radius 3 is 2.35 bits per heavy atom. The first kappa shape index (κ1) is 17.1. The van der Waals surface area contributed by atoms with Crippen molar-refractivity contribution in [3.63, 3.8) is 0 Å². The molecule has 9 heteroatoms.